The van der Waals surface area contributed by atoms with Gasteiger partial charge in [-0.1, -0.05) is 60.7 Å². The van der Waals surface area contributed by atoms with Crippen LogP contribution in [0.25, 0.3) is 0 Å². The predicted octanol–water partition coefficient (Wildman–Crippen LogP) is 4.75. The van der Waals surface area contributed by atoms with Gasteiger partial charge >= 0.3 is 0 Å². The monoisotopic (exact) mass is 462 g/mol. The van der Waals surface area contributed by atoms with Crippen LogP contribution >= 0.6 is 0 Å². The van der Waals surface area contributed by atoms with Crippen molar-refractivity contribution in [3.8, 4) is 0 Å². The Hall–Kier alpha value is -3.12. The molecule has 3 aromatic rings. The lowest BCUT2D eigenvalue weighted by Gasteiger charge is -2.32. The Bertz CT molecular complexity index is 1160. The highest BCUT2D eigenvalue weighted by Crippen LogP contribution is 2.25. The standard InChI is InChI=1S/C27H30N2O3S/c1-33(31,32)29(21-24-10-6-3-7-11-24)26-14-12-25(13-15-26)27(30)28-18-16-23(17-19-28)20-22-8-4-2-5-9-22/h2-15,23H,16-21H2,1H3. The van der Waals surface area contributed by atoms with Crippen LogP contribution in [0.3, 0.4) is 0 Å². The number of benzene rings is 3. The van der Waals surface area contributed by atoms with Gasteiger partial charge in [0.2, 0.25) is 10.0 Å². The molecule has 33 heavy (non-hydrogen) atoms. The summed E-state index contributed by atoms with van der Waals surface area (Å²) >= 11 is 0. The number of nitrogens with zero attached hydrogens (tertiary/aromatic N) is 2. The van der Waals surface area contributed by atoms with Crippen LogP contribution in [0.2, 0.25) is 0 Å². The first-order chi connectivity index (χ1) is 15.9. The maximum absolute atomic E-state index is 13.0. The van der Waals surface area contributed by atoms with Gasteiger partial charge in [0.25, 0.3) is 5.91 Å². The Morgan fingerprint density at radius 2 is 1.39 bits per heavy atom. The lowest BCUT2D eigenvalue weighted by Crippen LogP contribution is -2.39. The average Bonchev–Trinajstić information content (AvgIpc) is 2.83. The van der Waals surface area contributed by atoms with Crippen molar-refractivity contribution in [2.45, 2.75) is 25.8 Å². The highest BCUT2D eigenvalue weighted by molar-refractivity contribution is 7.92. The second-order valence-corrected chi connectivity index (χ2v) is 10.6. The minimum Gasteiger partial charge on any atom is -0.339 e. The van der Waals surface area contributed by atoms with E-state index in [0.717, 1.165) is 37.9 Å². The molecule has 1 aliphatic rings. The Morgan fingerprint density at radius 1 is 0.848 bits per heavy atom. The van der Waals surface area contributed by atoms with Gasteiger partial charge in [0, 0.05) is 18.7 Å². The second kappa shape index (κ2) is 10.2. The minimum absolute atomic E-state index is 0.00803. The summed E-state index contributed by atoms with van der Waals surface area (Å²) in [5, 5.41) is 0. The number of amides is 1. The molecule has 0 saturated carbocycles. The fourth-order valence-corrected chi connectivity index (χ4v) is 5.28. The summed E-state index contributed by atoms with van der Waals surface area (Å²) in [7, 11) is -3.46. The highest BCUT2D eigenvalue weighted by atomic mass is 32.2. The van der Waals surface area contributed by atoms with Gasteiger partial charge in [0.1, 0.15) is 0 Å². The van der Waals surface area contributed by atoms with E-state index in [1.807, 2.05) is 41.3 Å². The van der Waals surface area contributed by atoms with E-state index in [1.165, 1.54) is 16.1 Å². The number of hydrogen-bond acceptors (Lipinski definition) is 3. The summed E-state index contributed by atoms with van der Waals surface area (Å²) in [4.78, 5) is 14.9. The predicted molar refractivity (Wildman–Crippen MR) is 133 cm³/mol. The molecule has 1 fully saturated rings. The summed E-state index contributed by atoms with van der Waals surface area (Å²) in [5.41, 5.74) is 3.40. The minimum atomic E-state index is -3.46. The van der Waals surface area contributed by atoms with E-state index >= 15 is 0 Å². The van der Waals surface area contributed by atoms with E-state index in [9.17, 15) is 13.2 Å². The topological polar surface area (TPSA) is 57.7 Å². The van der Waals surface area contributed by atoms with E-state index in [2.05, 4.69) is 24.3 Å². The number of likely N-dealkylation sites (tertiary alicyclic amines) is 1. The molecule has 0 atom stereocenters. The van der Waals surface area contributed by atoms with Crippen LogP contribution in [0.5, 0.6) is 0 Å². The van der Waals surface area contributed by atoms with E-state index in [-0.39, 0.29) is 12.5 Å². The average molecular weight is 463 g/mol. The highest BCUT2D eigenvalue weighted by Gasteiger charge is 2.24. The molecule has 0 bridgehead atoms. The SMILES string of the molecule is CS(=O)(=O)N(Cc1ccccc1)c1ccc(C(=O)N2CCC(Cc3ccccc3)CC2)cc1. The number of carbonyl (C=O) groups excluding carboxylic acids is 1. The summed E-state index contributed by atoms with van der Waals surface area (Å²) in [6.45, 7) is 1.75. The molecule has 3 aromatic carbocycles. The molecule has 0 unspecified atom stereocenters. The Morgan fingerprint density at radius 3 is 1.94 bits per heavy atom. The second-order valence-electron chi connectivity index (χ2n) is 8.73. The number of hydrogen-bond donors (Lipinski definition) is 0. The van der Waals surface area contributed by atoms with Gasteiger partial charge in [-0.15, -0.1) is 0 Å². The first-order valence-corrected chi connectivity index (χ1v) is 13.2. The lowest BCUT2D eigenvalue weighted by atomic mass is 9.90. The lowest BCUT2D eigenvalue weighted by molar-refractivity contribution is 0.0690. The van der Waals surface area contributed by atoms with Gasteiger partial charge in [-0.2, -0.15) is 0 Å². The van der Waals surface area contributed by atoms with Crippen LogP contribution in [0, 0.1) is 5.92 Å². The third kappa shape index (κ3) is 6.02. The van der Waals surface area contributed by atoms with Crippen LogP contribution in [0.4, 0.5) is 5.69 Å². The number of anilines is 1. The maximum Gasteiger partial charge on any atom is 0.253 e. The quantitative estimate of drug-likeness (QED) is 0.509. The van der Waals surface area contributed by atoms with Crippen molar-refractivity contribution in [2.24, 2.45) is 5.92 Å². The molecule has 0 N–H and O–H groups in total. The summed E-state index contributed by atoms with van der Waals surface area (Å²) in [6.07, 6.45) is 4.25. The third-order valence-electron chi connectivity index (χ3n) is 6.24. The molecule has 1 heterocycles. The third-order valence-corrected chi connectivity index (χ3v) is 7.38. The van der Waals surface area contributed by atoms with Crippen LogP contribution in [-0.2, 0) is 23.0 Å². The van der Waals surface area contributed by atoms with Crippen LogP contribution in [-0.4, -0.2) is 38.6 Å². The molecule has 172 valence electrons. The smallest absolute Gasteiger partial charge is 0.253 e. The Balaban J connectivity index is 1.39. The zero-order chi connectivity index (χ0) is 23.3. The number of carbonyl (C=O) groups is 1. The normalized spacial score (nSPS) is 14.8. The van der Waals surface area contributed by atoms with Gasteiger partial charge < -0.3 is 4.90 Å². The van der Waals surface area contributed by atoms with Gasteiger partial charge in [-0.3, -0.25) is 9.10 Å². The first kappa shape index (κ1) is 23.1. The molecule has 4 rings (SSSR count). The van der Waals surface area contributed by atoms with Crippen molar-refractivity contribution in [1.29, 1.82) is 0 Å². The van der Waals surface area contributed by atoms with Crippen molar-refractivity contribution in [3.05, 3.63) is 102 Å². The molecule has 0 aromatic heterocycles. The first-order valence-electron chi connectivity index (χ1n) is 11.3. The van der Waals surface area contributed by atoms with Crippen LogP contribution in [0.15, 0.2) is 84.9 Å². The van der Waals surface area contributed by atoms with Gasteiger partial charge in [-0.05, 0) is 60.6 Å². The van der Waals surface area contributed by atoms with Gasteiger partial charge in [-0.25, -0.2) is 8.42 Å². The Kier molecular flexibility index (Phi) is 7.14. The number of rotatable bonds is 7. The summed E-state index contributed by atoms with van der Waals surface area (Å²) in [5.74, 6) is 0.605. The molecule has 1 amide bonds. The van der Waals surface area contributed by atoms with Crippen molar-refractivity contribution < 1.29 is 13.2 Å². The van der Waals surface area contributed by atoms with Crippen molar-refractivity contribution >= 4 is 21.6 Å². The zero-order valence-electron chi connectivity index (χ0n) is 18.9. The molecule has 1 saturated heterocycles. The van der Waals surface area contributed by atoms with E-state index in [1.54, 1.807) is 24.3 Å². The molecular weight excluding hydrogens is 432 g/mol. The van der Waals surface area contributed by atoms with E-state index in [0.29, 0.717) is 17.2 Å². The van der Waals surface area contributed by atoms with E-state index < -0.39 is 10.0 Å². The van der Waals surface area contributed by atoms with Crippen molar-refractivity contribution in [2.75, 3.05) is 23.7 Å². The fourth-order valence-electron chi connectivity index (χ4n) is 4.39. The van der Waals surface area contributed by atoms with Crippen LogP contribution < -0.4 is 4.31 Å². The molecule has 0 aliphatic carbocycles. The maximum atomic E-state index is 13.0. The fraction of sp³-hybridized carbons (Fsp3) is 0.296. The summed E-state index contributed by atoms with van der Waals surface area (Å²) < 4.78 is 26.2. The van der Waals surface area contributed by atoms with Gasteiger partial charge in [0.05, 0.1) is 18.5 Å². The molecular formula is C27H30N2O3S. The molecule has 0 radical (unpaired) electrons. The van der Waals surface area contributed by atoms with Crippen LogP contribution in [0.1, 0.15) is 34.3 Å². The largest absolute Gasteiger partial charge is 0.339 e. The molecule has 1 aliphatic heterocycles. The number of sulfonamides is 1. The number of piperidine rings is 1. The molecule has 6 heteroatoms. The van der Waals surface area contributed by atoms with Crippen molar-refractivity contribution in [1.82, 2.24) is 4.90 Å². The van der Waals surface area contributed by atoms with Crippen molar-refractivity contribution in [3.63, 3.8) is 0 Å². The van der Waals surface area contributed by atoms with E-state index in [4.69, 9.17) is 0 Å². The summed E-state index contributed by atoms with van der Waals surface area (Å²) in [6, 6.07) is 26.9. The molecule has 0 spiro atoms. The zero-order valence-corrected chi connectivity index (χ0v) is 19.7. The molecule has 5 nitrogen and oxygen atoms in total. The van der Waals surface area contributed by atoms with Gasteiger partial charge in [0.15, 0.2) is 0 Å². The Labute approximate surface area is 196 Å².